The van der Waals surface area contributed by atoms with Crippen LogP contribution in [0.3, 0.4) is 0 Å². The van der Waals surface area contributed by atoms with E-state index in [-0.39, 0.29) is 29.9 Å². The molecule has 0 saturated carbocycles. The van der Waals surface area contributed by atoms with E-state index in [9.17, 15) is 22.8 Å². The standard InChI is InChI=1S/C20H16F3NO5/c1-27-13-4-2-12(3-5-13)10-24-18(25)11-28-14-6-7-15-16(20(21,22)23)9-19(26)29-17(15)8-14/h2-9H,10-11H2,1H3,(H,24,25). The number of hydrogen-bond acceptors (Lipinski definition) is 5. The molecule has 0 bridgehead atoms. The van der Waals surface area contributed by atoms with Crippen LogP contribution in [0.4, 0.5) is 13.2 Å². The first-order valence-electron chi connectivity index (χ1n) is 8.44. The Hall–Kier alpha value is -3.49. The molecule has 0 aliphatic rings. The summed E-state index contributed by atoms with van der Waals surface area (Å²) >= 11 is 0. The highest BCUT2D eigenvalue weighted by molar-refractivity contribution is 5.82. The van der Waals surface area contributed by atoms with Crippen molar-refractivity contribution in [3.63, 3.8) is 0 Å². The Morgan fingerprint density at radius 1 is 1.07 bits per heavy atom. The Kier molecular flexibility index (Phi) is 5.76. The second-order valence-corrected chi connectivity index (χ2v) is 6.05. The van der Waals surface area contributed by atoms with Crippen molar-refractivity contribution >= 4 is 16.9 Å². The van der Waals surface area contributed by atoms with Gasteiger partial charge in [-0.25, -0.2) is 4.79 Å². The van der Waals surface area contributed by atoms with Gasteiger partial charge in [0.15, 0.2) is 6.61 Å². The fourth-order valence-corrected chi connectivity index (χ4v) is 2.61. The molecule has 1 heterocycles. The lowest BCUT2D eigenvalue weighted by atomic mass is 10.1. The van der Waals surface area contributed by atoms with Crippen LogP contribution in [0.1, 0.15) is 11.1 Å². The van der Waals surface area contributed by atoms with Crippen LogP contribution in [0.5, 0.6) is 11.5 Å². The van der Waals surface area contributed by atoms with Crippen molar-refractivity contribution in [3.8, 4) is 11.5 Å². The van der Waals surface area contributed by atoms with Crippen LogP contribution >= 0.6 is 0 Å². The molecule has 0 aliphatic carbocycles. The zero-order valence-electron chi connectivity index (χ0n) is 15.2. The first-order chi connectivity index (χ1) is 13.8. The Balaban J connectivity index is 1.64. The molecule has 1 amide bonds. The number of benzene rings is 2. The molecule has 1 aromatic heterocycles. The summed E-state index contributed by atoms with van der Waals surface area (Å²) in [7, 11) is 1.55. The molecular formula is C20H16F3NO5. The minimum absolute atomic E-state index is 0.0968. The highest BCUT2D eigenvalue weighted by Crippen LogP contribution is 2.34. The van der Waals surface area contributed by atoms with Crippen molar-refractivity contribution in [1.82, 2.24) is 5.32 Å². The number of ether oxygens (including phenoxy) is 2. The lowest BCUT2D eigenvalue weighted by Crippen LogP contribution is -2.28. The Labute approximate surface area is 162 Å². The summed E-state index contributed by atoms with van der Waals surface area (Å²) in [5.74, 6) is 0.367. The molecule has 1 N–H and O–H groups in total. The van der Waals surface area contributed by atoms with Gasteiger partial charge in [-0.15, -0.1) is 0 Å². The molecule has 0 fully saturated rings. The first kappa shape index (κ1) is 20.2. The van der Waals surface area contributed by atoms with Crippen molar-refractivity contribution < 1.29 is 31.9 Å². The molecule has 0 saturated heterocycles. The van der Waals surface area contributed by atoms with Gasteiger partial charge in [-0.1, -0.05) is 12.1 Å². The van der Waals surface area contributed by atoms with Crippen molar-refractivity contribution in [2.24, 2.45) is 0 Å². The third kappa shape index (κ3) is 5.07. The molecule has 3 aromatic rings. The average Bonchev–Trinajstić information content (AvgIpc) is 2.69. The van der Waals surface area contributed by atoms with Gasteiger partial charge in [-0.3, -0.25) is 4.79 Å². The van der Waals surface area contributed by atoms with Crippen molar-refractivity contribution in [2.75, 3.05) is 13.7 Å². The quantitative estimate of drug-likeness (QED) is 0.633. The largest absolute Gasteiger partial charge is 0.497 e. The predicted octanol–water partition coefficient (Wildman–Crippen LogP) is 3.52. The van der Waals surface area contributed by atoms with Gasteiger partial charge < -0.3 is 19.2 Å². The summed E-state index contributed by atoms with van der Waals surface area (Å²) in [4.78, 5) is 23.3. The van der Waals surface area contributed by atoms with E-state index < -0.39 is 23.3 Å². The van der Waals surface area contributed by atoms with Gasteiger partial charge >= 0.3 is 11.8 Å². The SMILES string of the molecule is COc1ccc(CNC(=O)COc2ccc3c(C(F)(F)F)cc(=O)oc3c2)cc1. The summed E-state index contributed by atoms with van der Waals surface area (Å²) in [5, 5.41) is 2.39. The summed E-state index contributed by atoms with van der Waals surface area (Å²) < 4.78 is 54.3. The molecule has 0 atom stereocenters. The Morgan fingerprint density at radius 3 is 2.41 bits per heavy atom. The number of methoxy groups -OCH3 is 1. The smallest absolute Gasteiger partial charge is 0.417 e. The second kappa shape index (κ2) is 8.26. The fraction of sp³-hybridized carbons (Fsp3) is 0.200. The monoisotopic (exact) mass is 407 g/mol. The molecule has 0 aliphatic heterocycles. The van der Waals surface area contributed by atoms with Crippen LogP contribution in [0.25, 0.3) is 11.0 Å². The lowest BCUT2D eigenvalue weighted by Gasteiger charge is -2.11. The van der Waals surface area contributed by atoms with Crippen LogP contribution in [0.2, 0.25) is 0 Å². The number of nitrogens with one attached hydrogen (secondary N) is 1. The number of rotatable bonds is 6. The highest BCUT2D eigenvalue weighted by Gasteiger charge is 2.33. The van der Waals surface area contributed by atoms with Gasteiger partial charge in [0.25, 0.3) is 5.91 Å². The van der Waals surface area contributed by atoms with Gasteiger partial charge in [-0.05, 0) is 29.8 Å². The number of alkyl halides is 3. The molecule has 0 spiro atoms. The van der Waals surface area contributed by atoms with E-state index in [1.165, 1.54) is 6.07 Å². The third-order valence-corrected chi connectivity index (χ3v) is 4.04. The number of fused-ring (bicyclic) bond motifs is 1. The number of hydrogen-bond donors (Lipinski definition) is 1. The predicted molar refractivity (Wildman–Crippen MR) is 97.8 cm³/mol. The van der Waals surface area contributed by atoms with Gasteiger partial charge in [0.2, 0.25) is 0 Å². The average molecular weight is 407 g/mol. The van der Waals surface area contributed by atoms with Gasteiger partial charge in [0, 0.05) is 24.1 Å². The molecule has 152 valence electrons. The van der Waals surface area contributed by atoms with Gasteiger partial charge in [0.05, 0.1) is 12.7 Å². The molecule has 0 unspecified atom stereocenters. The van der Waals surface area contributed by atoms with Gasteiger partial charge in [-0.2, -0.15) is 13.2 Å². The zero-order valence-corrected chi connectivity index (χ0v) is 15.2. The van der Waals surface area contributed by atoms with Gasteiger partial charge in [0.1, 0.15) is 17.1 Å². The summed E-state index contributed by atoms with van der Waals surface area (Å²) in [6, 6.07) is 11.1. The van der Waals surface area contributed by atoms with Crippen molar-refractivity contribution in [3.05, 3.63) is 70.1 Å². The molecule has 29 heavy (non-hydrogen) atoms. The highest BCUT2D eigenvalue weighted by atomic mass is 19.4. The fourth-order valence-electron chi connectivity index (χ4n) is 2.61. The Morgan fingerprint density at radius 2 is 1.76 bits per heavy atom. The molecule has 2 aromatic carbocycles. The van der Waals surface area contributed by atoms with Crippen molar-refractivity contribution in [2.45, 2.75) is 12.7 Å². The summed E-state index contributed by atoms with van der Waals surface area (Å²) in [5.41, 5.74) is -1.64. The van der Waals surface area contributed by atoms with Crippen LogP contribution in [-0.4, -0.2) is 19.6 Å². The Bertz CT molecular complexity index is 1070. The maximum absolute atomic E-state index is 13.0. The molecular weight excluding hydrogens is 391 g/mol. The topological polar surface area (TPSA) is 77.8 Å². The minimum atomic E-state index is -4.70. The molecule has 6 nitrogen and oxygen atoms in total. The normalized spacial score (nSPS) is 11.3. The van der Waals surface area contributed by atoms with Crippen molar-refractivity contribution in [1.29, 1.82) is 0 Å². The number of halogens is 3. The minimum Gasteiger partial charge on any atom is -0.497 e. The number of carbonyl (C=O) groups excluding carboxylic acids is 1. The van der Waals surface area contributed by atoms with Crippen LogP contribution < -0.4 is 20.4 Å². The molecule has 3 rings (SSSR count). The maximum atomic E-state index is 13.0. The van der Waals surface area contributed by atoms with E-state index in [0.717, 1.165) is 17.7 Å². The zero-order chi connectivity index (χ0) is 21.0. The van der Waals surface area contributed by atoms with E-state index in [0.29, 0.717) is 11.8 Å². The summed E-state index contributed by atoms with van der Waals surface area (Å²) in [6.45, 7) is -0.0847. The molecule has 0 radical (unpaired) electrons. The second-order valence-electron chi connectivity index (χ2n) is 6.05. The van der Waals surface area contributed by atoms with E-state index in [1.54, 1.807) is 31.4 Å². The summed E-state index contributed by atoms with van der Waals surface area (Å²) in [6.07, 6.45) is -4.70. The van der Waals surface area contributed by atoms with Crippen LogP contribution in [-0.2, 0) is 17.5 Å². The van der Waals surface area contributed by atoms with E-state index in [4.69, 9.17) is 13.9 Å². The lowest BCUT2D eigenvalue weighted by molar-refractivity contribution is -0.136. The van der Waals surface area contributed by atoms with E-state index in [2.05, 4.69) is 5.32 Å². The van der Waals surface area contributed by atoms with E-state index >= 15 is 0 Å². The van der Waals surface area contributed by atoms with Crippen LogP contribution in [0, 0.1) is 0 Å². The first-order valence-corrected chi connectivity index (χ1v) is 8.44. The van der Waals surface area contributed by atoms with Crippen LogP contribution in [0.15, 0.2) is 57.7 Å². The molecule has 9 heteroatoms. The number of amides is 1. The third-order valence-electron chi connectivity index (χ3n) is 4.04. The number of carbonyl (C=O) groups is 1. The van der Waals surface area contributed by atoms with E-state index in [1.807, 2.05) is 0 Å². The maximum Gasteiger partial charge on any atom is 0.417 e.